The zero-order valence-electron chi connectivity index (χ0n) is 11.3. The maximum Gasteiger partial charge on any atom is 0.163 e. The van der Waals surface area contributed by atoms with Crippen molar-refractivity contribution >= 4 is 22.2 Å². The predicted octanol–water partition coefficient (Wildman–Crippen LogP) is 3.59. The lowest BCUT2D eigenvalue weighted by atomic mass is 10.2. The van der Waals surface area contributed by atoms with Crippen molar-refractivity contribution in [2.75, 3.05) is 7.11 Å². The molecule has 102 valence electrons. The van der Waals surface area contributed by atoms with E-state index in [0.29, 0.717) is 18.1 Å². The van der Waals surface area contributed by atoms with Gasteiger partial charge in [0.15, 0.2) is 11.5 Å². The van der Waals surface area contributed by atoms with Gasteiger partial charge in [0, 0.05) is 23.0 Å². The lowest BCUT2D eigenvalue weighted by Crippen LogP contribution is -1.98. The van der Waals surface area contributed by atoms with Crippen LogP contribution in [-0.2, 0) is 6.61 Å². The number of hydrogen-bond donors (Lipinski definition) is 0. The quantitative estimate of drug-likeness (QED) is 0.735. The third kappa shape index (κ3) is 2.58. The number of aryl methyl sites for hydroxylation is 1. The highest BCUT2D eigenvalue weighted by Gasteiger charge is 2.08. The number of nitrogens with zero attached hydrogens (tertiary/aromatic N) is 2. The maximum atomic E-state index is 5.81. The molecule has 0 atom stereocenters. The fourth-order valence-electron chi connectivity index (χ4n) is 1.98. The number of ether oxygens (including phenoxy) is 2. The molecule has 2 aromatic heterocycles. The Hall–Kier alpha value is -2.14. The molecule has 0 amide bonds. The van der Waals surface area contributed by atoms with Crippen LogP contribution in [0.1, 0.15) is 10.7 Å². The third-order valence-electron chi connectivity index (χ3n) is 2.93. The van der Waals surface area contributed by atoms with Crippen LogP contribution in [0.15, 0.2) is 35.8 Å². The lowest BCUT2D eigenvalue weighted by molar-refractivity contribution is 0.282. The van der Waals surface area contributed by atoms with Crippen molar-refractivity contribution in [2.45, 2.75) is 13.5 Å². The van der Waals surface area contributed by atoms with Gasteiger partial charge in [0.2, 0.25) is 0 Å². The van der Waals surface area contributed by atoms with Gasteiger partial charge in [0.05, 0.1) is 23.3 Å². The fourth-order valence-corrected chi connectivity index (χ4v) is 2.58. The number of rotatable bonds is 4. The van der Waals surface area contributed by atoms with Gasteiger partial charge in [-0.1, -0.05) is 6.07 Å². The van der Waals surface area contributed by atoms with Crippen LogP contribution in [0.5, 0.6) is 11.5 Å². The summed E-state index contributed by atoms with van der Waals surface area (Å²) < 4.78 is 11.2. The Bertz CT molecular complexity index is 740. The van der Waals surface area contributed by atoms with Crippen LogP contribution in [0, 0.1) is 6.92 Å². The summed E-state index contributed by atoms with van der Waals surface area (Å²) in [5.41, 5.74) is 1.81. The molecule has 1 aromatic carbocycles. The molecule has 0 radical (unpaired) electrons. The summed E-state index contributed by atoms with van der Waals surface area (Å²) in [5, 5.41) is 4.07. The maximum absolute atomic E-state index is 5.81. The smallest absolute Gasteiger partial charge is 0.163 e. The standard InChI is InChI=1S/C15H14N2O2S/c1-10-17-12(9-20-10)8-19-15-7-13-11(4-3-5-16-13)6-14(15)18-2/h3-7,9H,8H2,1-2H3. The normalized spacial score (nSPS) is 10.7. The molecular weight excluding hydrogens is 272 g/mol. The molecule has 0 N–H and O–H groups in total. The van der Waals surface area contributed by atoms with Gasteiger partial charge in [-0.15, -0.1) is 11.3 Å². The van der Waals surface area contributed by atoms with E-state index in [2.05, 4.69) is 9.97 Å². The average Bonchev–Trinajstić information content (AvgIpc) is 2.89. The number of hydrogen-bond acceptors (Lipinski definition) is 5. The Morgan fingerprint density at radius 1 is 1.25 bits per heavy atom. The van der Waals surface area contributed by atoms with Crippen molar-refractivity contribution in [3.8, 4) is 11.5 Å². The number of aromatic nitrogens is 2. The van der Waals surface area contributed by atoms with Crippen LogP contribution in [0.3, 0.4) is 0 Å². The van der Waals surface area contributed by atoms with E-state index >= 15 is 0 Å². The monoisotopic (exact) mass is 286 g/mol. The van der Waals surface area contributed by atoms with Crippen LogP contribution < -0.4 is 9.47 Å². The molecular formula is C15H14N2O2S. The van der Waals surface area contributed by atoms with Gasteiger partial charge in [-0.3, -0.25) is 4.98 Å². The van der Waals surface area contributed by atoms with Crippen molar-refractivity contribution in [2.24, 2.45) is 0 Å². The molecule has 0 saturated carbocycles. The van der Waals surface area contributed by atoms with Crippen molar-refractivity contribution in [3.05, 3.63) is 46.5 Å². The molecule has 4 nitrogen and oxygen atoms in total. The van der Waals surface area contributed by atoms with Gasteiger partial charge in [0.1, 0.15) is 6.61 Å². The SMILES string of the molecule is COc1cc2cccnc2cc1OCc1csc(C)n1. The summed E-state index contributed by atoms with van der Waals surface area (Å²) in [7, 11) is 1.64. The highest BCUT2D eigenvalue weighted by molar-refractivity contribution is 7.09. The van der Waals surface area contributed by atoms with E-state index in [0.717, 1.165) is 21.6 Å². The fraction of sp³-hybridized carbons (Fsp3) is 0.200. The molecule has 0 aliphatic heterocycles. The molecule has 0 fully saturated rings. The summed E-state index contributed by atoms with van der Waals surface area (Å²) in [4.78, 5) is 8.71. The molecule has 0 bridgehead atoms. The second-order valence-corrected chi connectivity index (χ2v) is 5.41. The zero-order chi connectivity index (χ0) is 13.9. The molecule has 3 rings (SSSR count). The summed E-state index contributed by atoms with van der Waals surface area (Å²) in [6.45, 7) is 2.41. The number of thiazole rings is 1. The molecule has 0 saturated heterocycles. The van der Waals surface area contributed by atoms with E-state index in [1.807, 2.05) is 36.6 Å². The van der Waals surface area contributed by atoms with E-state index in [1.165, 1.54) is 0 Å². The summed E-state index contributed by atoms with van der Waals surface area (Å²) in [6, 6.07) is 7.73. The minimum Gasteiger partial charge on any atom is -0.493 e. The van der Waals surface area contributed by atoms with Gasteiger partial charge in [0.25, 0.3) is 0 Å². The van der Waals surface area contributed by atoms with Crippen LogP contribution in [0.4, 0.5) is 0 Å². The van der Waals surface area contributed by atoms with E-state index in [-0.39, 0.29) is 0 Å². The van der Waals surface area contributed by atoms with Crippen molar-refractivity contribution in [1.29, 1.82) is 0 Å². The van der Waals surface area contributed by atoms with Crippen molar-refractivity contribution in [3.63, 3.8) is 0 Å². The Morgan fingerprint density at radius 3 is 2.90 bits per heavy atom. The largest absolute Gasteiger partial charge is 0.493 e. The van der Waals surface area contributed by atoms with Crippen LogP contribution in [-0.4, -0.2) is 17.1 Å². The van der Waals surface area contributed by atoms with Gasteiger partial charge in [-0.25, -0.2) is 4.98 Å². The second-order valence-electron chi connectivity index (χ2n) is 4.35. The summed E-state index contributed by atoms with van der Waals surface area (Å²) >= 11 is 1.62. The first-order chi connectivity index (χ1) is 9.76. The second kappa shape index (κ2) is 5.46. The topological polar surface area (TPSA) is 44.2 Å². The Balaban J connectivity index is 1.89. The van der Waals surface area contributed by atoms with Crippen LogP contribution in [0.25, 0.3) is 10.9 Å². The number of methoxy groups -OCH3 is 1. The molecule has 0 aliphatic rings. The van der Waals surface area contributed by atoms with Crippen LogP contribution >= 0.6 is 11.3 Å². The van der Waals surface area contributed by atoms with E-state index in [4.69, 9.17) is 9.47 Å². The summed E-state index contributed by atoms with van der Waals surface area (Å²) in [6.07, 6.45) is 1.77. The van der Waals surface area contributed by atoms with Gasteiger partial charge >= 0.3 is 0 Å². The third-order valence-corrected chi connectivity index (χ3v) is 3.75. The molecule has 0 unspecified atom stereocenters. The van der Waals surface area contributed by atoms with E-state index in [1.54, 1.807) is 24.6 Å². The zero-order valence-corrected chi connectivity index (χ0v) is 12.1. The number of pyridine rings is 1. The van der Waals surface area contributed by atoms with Crippen LogP contribution in [0.2, 0.25) is 0 Å². The molecule has 20 heavy (non-hydrogen) atoms. The highest BCUT2D eigenvalue weighted by Crippen LogP contribution is 2.32. The Morgan fingerprint density at radius 2 is 2.15 bits per heavy atom. The van der Waals surface area contributed by atoms with E-state index < -0.39 is 0 Å². The number of benzene rings is 1. The van der Waals surface area contributed by atoms with Gasteiger partial charge < -0.3 is 9.47 Å². The van der Waals surface area contributed by atoms with Gasteiger partial charge in [-0.05, 0) is 19.1 Å². The predicted molar refractivity (Wildman–Crippen MR) is 79.5 cm³/mol. The molecule has 5 heteroatoms. The molecule has 3 aromatic rings. The minimum atomic E-state index is 0.430. The van der Waals surface area contributed by atoms with E-state index in [9.17, 15) is 0 Å². The first-order valence-corrected chi connectivity index (χ1v) is 7.11. The first-order valence-electron chi connectivity index (χ1n) is 6.23. The summed E-state index contributed by atoms with van der Waals surface area (Å²) in [5.74, 6) is 1.39. The lowest BCUT2D eigenvalue weighted by Gasteiger charge is -2.10. The highest BCUT2D eigenvalue weighted by atomic mass is 32.1. The molecule has 0 aliphatic carbocycles. The molecule has 0 spiro atoms. The van der Waals surface area contributed by atoms with Crippen molar-refractivity contribution in [1.82, 2.24) is 9.97 Å². The Kier molecular flexibility index (Phi) is 3.52. The molecule has 2 heterocycles. The van der Waals surface area contributed by atoms with Gasteiger partial charge in [-0.2, -0.15) is 0 Å². The first kappa shape index (κ1) is 12.9. The minimum absolute atomic E-state index is 0.430. The Labute approximate surface area is 121 Å². The van der Waals surface area contributed by atoms with Crippen molar-refractivity contribution < 1.29 is 9.47 Å². The number of fused-ring (bicyclic) bond motifs is 1. The average molecular weight is 286 g/mol.